The molecule has 1 aromatic heterocycles. The van der Waals surface area contributed by atoms with Crippen molar-refractivity contribution in [2.45, 2.75) is 18.4 Å². The Bertz CT molecular complexity index is 667. The number of nitrogens with one attached hydrogen (secondary N) is 1. The Balaban J connectivity index is 1.87. The summed E-state index contributed by atoms with van der Waals surface area (Å²) in [6.45, 7) is 1.28. The highest BCUT2D eigenvalue weighted by Gasteiger charge is 2.37. The fourth-order valence-electron chi connectivity index (χ4n) is 2.63. The van der Waals surface area contributed by atoms with E-state index in [0.717, 1.165) is 17.7 Å². The van der Waals surface area contributed by atoms with Crippen LogP contribution < -0.4 is 5.32 Å². The maximum absolute atomic E-state index is 12.6. The van der Waals surface area contributed by atoms with E-state index in [1.165, 1.54) is 0 Å². The molecule has 1 amide bonds. The van der Waals surface area contributed by atoms with Crippen molar-refractivity contribution < 1.29 is 9.53 Å². The second-order valence-corrected chi connectivity index (χ2v) is 7.02. The van der Waals surface area contributed by atoms with Crippen molar-refractivity contribution in [3.05, 3.63) is 56.2 Å². The average Bonchev–Trinajstić information content (AvgIpc) is 3.06. The van der Waals surface area contributed by atoms with E-state index in [2.05, 4.69) is 11.4 Å². The quantitative estimate of drug-likeness (QED) is 0.880. The summed E-state index contributed by atoms with van der Waals surface area (Å²) in [4.78, 5) is 13.8. The Hall–Kier alpha value is -1.07. The van der Waals surface area contributed by atoms with E-state index in [1.807, 2.05) is 11.4 Å². The minimum atomic E-state index is -0.365. The van der Waals surface area contributed by atoms with Crippen molar-refractivity contribution in [1.29, 1.82) is 0 Å². The van der Waals surface area contributed by atoms with Crippen molar-refractivity contribution in [3.8, 4) is 0 Å². The highest BCUT2D eigenvalue weighted by atomic mass is 35.5. The fourth-order valence-corrected chi connectivity index (χ4v) is 3.87. The lowest BCUT2D eigenvalue weighted by Gasteiger charge is -2.37. The first-order valence-electron chi connectivity index (χ1n) is 7.00. The number of ether oxygens (including phenoxy) is 1. The van der Waals surface area contributed by atoms with Gasteiger partial charge in [-0.15, -0.1) is 11.3 Å². The van der Waals surface area contributed by atoms with Crippen LogP contribution in [0.3, 0.4) is 0 Å². The third kappa shape index (κ3) is 3.15. The highest BCUT2D eigenvalue weighted by Crippen LogP contribution is 2.35. The molecule has 1 aromatic carbocycles. The Labute approximate surface area is 143 Å². The third-order valence-corrected chi connectivity index (χ3v) is 5.69. The smallest absolute Gasteiger partial charge is 0.252 e. The second-order valence-electron chi connectivity index (χ2n) is 5.25. The summed E-state index contributed by atoms with van der Waals surface area (Å²) >= 11 is 13.6. The van der Waals surface area contributed by atoms with Gasteiger partial charge in [0.15, 0.2) is 0 Å². The van der Waals surface area contributed by atoms with Gasteiger partial charge >= 0.3 is 0 Å². The van der Waals surface area contributed by atoms with Crippen molar-refractivity contribution in [2.75, 3.05) is 13.2 Å². The summed E-state index contributed by atoms with van der Waals surface area (Å²) in [6, 6.07) is 8.99. The Kier molecular flexibility index (Phi) is 4.73. The lowest BCUT2D eigenvalue weighted by Crippen LogP contribution is -2.49. The predicted octanol–water partition coefficient (Wildman–Crippen LogP) is 4.49. The summed E-state index contributed by atoms with van der Waals surface area (Å²) < 4.78 is 5.46. The highest BCUT2D eigenvalue weighted by molar-refractivity contribution is 7.10. The molecule has 1 fully saturated rings. The van der Waals surface area contributed by atoms with Gasteiger partial charge in [0.2, 0.25) is 0 Å². The van der Waals surface area contributed by atoms with Gasteiger partial charge in [-0.3, -0.25) is 4.79 Å². The second kappa shape index (κ2) is 6.59. The average molecular weight is 356 g/mol. The van der Waals surface area contributed by atoms with E-state index in [1.54, 1.807) is 29.5 Å². The summed E-state index contributed by atoms with van der Waals surface area (Å²) in [7, 11) is 0. The Morgan fingerprint density at radius 2 is 1.95 bits per heavy atom. The van der Waals surface area contributed by atoms with Gasteiger partial charge in [0, 0.05) is 23.7 Å². The molecule has 0 radical (unpaired) electrons. The number of hydrogen-bond acceptors (Lipinski definition) is 3. The molecule has 116 valence electrons. The summed E-state index contributed by atoms with van der Waals surface area (Å²) in [5.74, 6) is -0.145. The summed E-state index contributed by atoms with van der Waals surface area (Å²) in [6.07, 6.45) is 1.53. The van der Waals surface area contributed by atoms with Crippen LogP contribution in [0.15, 0.2) is 35.7 Å². The van der Waals surface area contributed by atoms with Crippen LogP contribution in [0.1, 0.15) is 28.1 Å². The number of hydrogen-bond donors (Lipinski definition) is 1. The first-order chi connectivity index (χ1) is 10.6. The number of halogens is 2. The van der Waals surface area contributed by atoms with Crippen LogP contribution in [0.25, 0.3) is 0 Å². The third-order valence-electron chi connectivity index (χ3n) is 3.87. The summed E-state index contributed by atoms with van der Waals surface area (Å²) in [5.41, 5.74) is 0.145. The summed E-state index contributed by atoms with van der Waals surface area (Å²) in [5, 5.41) is 6.04. The van der Waals surface area contributed by atoms with Gasteiger partial charge in [-0.2, -0.15) is 0 Å². The van der Waals surface area contributed by atoms with Crippen molar-refractivity contribution in [3.63, 3.8) is 0 Å². The maximum Gasteiger partial charge on any atom is 0.252 e. The number of amides is 1. The lowest BCUT2D eigenvalue weighted by molar-refractivity contribution is 0.0358. The Morgan fingerprint density at radius 1 is 1.18 bits per heavy atom. The predicted molar refractivity (Wildman–Crippen MR) is 90.0 cm³/mol. The van der Waals surface area contributed by atoms with Gasteiger partial charge in [0.25, 0.3) is 5.91 Å². The van der Waals surface area contributed by atoms with Crippen LogP contribution in [0, 0.1) is 0 Å². The molecule has 3 rings (SSSR count). The van der Waals surface area contributed by atoms with E-state index in [4.69, 9.17) is 27.9 Å². The largest absolute Gasteiger partial charge is 0.381 e. The standard InChI is InChI=1S/C16H15Cl2NO2S/c17-12-4-3-11(10-13(12)18)15(20)19-16(5-7-21-8-6-16)14-2-1-9-22-14/h1-4,9-10H,5-8H2,(H,19,20). The van der Waals surface area contributed by atoms with Gasteiger partial charge in [0.05, 0.1) is 15.6 Å². The first kappa shape index (κ1) is 15.8. The van der Waals surface area contributed by atoms with Crippen LogP contribution in [0.2, 0.25) is 10.0 Å². The fraction of sp³-hybridized carbons (Fsp3) is 0.312. The molecule has 3 nitrogen and oxygen atoms in total. The molecule has 1 aliphatic rings. The molecule has 2 heterocycles. The molecular formula is C16H15Cl2NO2S. The molecule has 0 aliphatic carbocycles. The molecule has 1 N–H and O–H groups in total. The van der Waals surface area contributed by atoms with Gasteiger partial charge in [-0.05, 0) is 42.5 Å². The number of benzene rings is 1. The molecule has 1 aliphatic heterocycles. The van der Waals surface area contributed by atoms with Gasteiger partial charge in [-0.1, -0.05) is 29.3 Å². The van der Waals surface area contributed by atoms with Crippen LogP contribution in [-0.2, 0) is 10.3 Å². The molecule has 6 heteroatoms. The van der Waals surface area contributed by atoms with Crippen molar-refractivity contribution in [2.24, 2.45) is 0 Å². The van der Waals surface area contributed by atoms with Crippen molar-refractivity contribution in [1.82, 2.24) is 5.32 Å². The number of carbonyl (C=O) groups is 1. The topological polar surface area (TPSA) is 38.3 Å². The number of rotatable bonds is 3. The van der Waals surface area contributed by atoms with E-state index < -0.39 is 0 Å². The van der Waals surface area contributed by atoms with E-state index >= 15 is 0 Å². The Morgan fingerprint density at radius 3 is 2.59 bits per heavy atom. The monoisotopic (exact) mass is 355 g/mol. The van der Waals surface area contributed by atoms with Crippen LogP contribution in [0.4, 0.5) is 0 Å². The minimum Gasteiger partial charge on any atom is -0.381 e. The maximum atomic E-state index is 12.6. The molecule has 0 atom stereocenters. The zero-order valence-electron chi connectivity index (χ0n) is 11.8. The molecular weight excluding hydrogens is 341 g/mol. The molecule has 0 saturated carbocycles. The molecule has 1 saturated heterocycles. The van der Waals surface area contributed by atoms with E-state index in [0.29, 0.717) is 28.8 Å². The van der Waals surface area contributed by atoms with Crippen molar-refractivity contribution >= 4 is 40.4 Å². The van der Waals surface area contributed by atoms with Crippen LogP contribution in [-0.4, -0.2) is 19.1 Å². The van der Waals surface area contributed by atoms with Gasteiger partial charge in [0.1, 0.15) is 0 Å². The first-order valence-corrected chi connectivity index (χ1v) is 8.64. The normalized spacial score (nSPS) is 17.2. The van der Waals surface area contributed by atoms with E-state index in [9.17, 15) is 4.79 Å². The number of carbonyl (C=O) groups excluding carboxylic acids is 1. The zero-order chi connectivity index (χ0) is 15.6. The molecule has 0 bridgehead atoms. The van der Waals surface area contributed by atoms with E-state index in [-0.39, 0.29) is 11.4 Å². The SMILES string of the molecule is O=C(NC1(c2cccs2)CCOCC1)c1ccc(Cl)c(Cl)c1. The van der Waals surface area contributed by atoms with Crippen LogP contribution in [0.5, 0.6) is 0 Å². The molecule has 2 aromatic rings. The van der Waals surface area contributed by atoms with Crippen LogP contribution >= 0.6 is 34.5 Å². The lowest BCUT2D eigenvalue weighted by atomic mass is 9.88. The molecule has 0 unspecified atom stereocenters. The van der Waals surface area contributed by atoms with Gasteiger partial charge in [-0.25, -0.2) is 0 Å². The zero-order valence-corrected chi connectivity index (χ0v) is 14.1. The minimum absolute atomic E-state index is 0.145. The van der Waals surface area contributed by atoms with Gasteiger partial charge < -0.3 is 10.1 Å². The molecule has 0 spiro atoms. The number of thiophene rings is 1. The molecule has 22 heavy (non-hydrogen) atoms.